The second kappa shape index (κ2) is 6.89. The van der Waals surface area contributed by atoms with E-state index in [9.17, 15) is 4.79 Å². The van der Waals surface area contributed by atoms with Crippen LogP contribution in [0.15, 0.2) is 0 Å². The average molecular weight is 226 g/mol. The minimum absolute atomic E-state index is 0.215. The Morgan fingerprint density at radius 1 is 1.44 bits per heavy atom. The highest BCUT2D eigenvalue weighted by atomic mass is 16.1. The van der Waals surface area contributed by atoms with Gasteiger partial charge in [-0.25, -0.2) is 0 Å². The molecule has 0 saturated carbocycles. The van der Waals surface area contributed by atoms with E-state index < -0.39 is 0 Å². The van der Waals surface area contributed by atoms with Crippen molar-refractivity contribution in [1.29, 1.82) is 0 Å². The van der Waals surface area contributed by atoms with Crippen LogP contribution in [0.2, 0.25) is 0 Å². The Bertz CT molecular complexity index is 210. The van der Waals surface area contributed by atoms with E-state index >= 15 is 0 Å². The fourth-order valence-electron chi connectivity index (χ4n) is 1.98. The van der Waals surface area contributed by atoms with Crippen molar-refractivity contribution in [1.82, 2.24) is 10.6 Å². The molecular weight excluding hydrogens is 200 g/mol. The molecule has 0 aromatic rings. The maximum atomic E-state index is 11.6. The first-order chi connectivity index (χ1) is 7.59. The highest BCUT2D eigenvalue weighted by molar-refractivity contribution is 5.76. The van der Waals surface area contributed by atoms with Crippen LogP contribution in [0.5, 0.6) is 0 Å². The van der Waals surface area contributed by atoms with Crippen LogP contribution < -0.4 is 10.6 Å². The molecule has 0 aromatic carbocycles. The van der Waals surface area contributed by atoms with Crippen molar-refractivity contribution < 1.29 is 4.79 Å². The van der Waals surface area contributed by atoms with Gasteiger partial charge in [-0.2, -0.15) is 0 Å². The summed E-state index contributed by atoms with van der Waals surface area (Å²) < 4.78 is 0. The summed E-state index contributed by atoms with van der Waals surface area (Å²) in [5.74, 6) is 2.05. The fourth-order valence-corrected chi connectivity index (χ4v) is 1.98. The number of rotatable bonds is 6. The van der Waals surface area contributed by atoms with Crippen LogP contribution in [0.1, 0.15) is 40.0 Å². The lowest BCUT2D eigenvalue weighted by Gasteiger charge is -2.15. The SMILES string of the molecule is CC(C)C(C)CC(=O)NCCC1CCNC1. The molecule has 0 aliphatic carbocycles. The van der Waals surface area contributed by atoms with Crippen LogP contribution in [0.3, 0.4) is 0 Å². The van der Waals surface area contributed by atoms with E-state index in [1.54, 1.807) is 0 Å². The van der Waals surface area contributed by atoms with Crippen LogP contribution in [-0.4, -0.2) is 25.5 Å². The Morgan fingerprint density at radius 2 is 2.19 bits per heavy atom. The molecule has 94 valence electrons. The van der Waals surface area contributed by atoms with Gasteiger partial charge in [0.1, 0.15) is 0 Å². The molecule has 16 heavy (non-hydrogen) atoms. The first-order valence-electron chi connectivity index (χ1n) is 6.57. The van der Waals surface area contributed by atoms with Gasteiger partial charge in [0.05, 0.1) is 0 Å². The summed E-state index contributed by atoms with van der Waals surface area (Å²) in [7, 11) is 0. The molecule has 2 atom stereocenters. The molecule has 0 bridgehead atoms. The Labute approximate surface area is 99.4 Å². The monoisotopic (exact) mass is 226 g/mol. The second-order valence-electron chi connectivity index (χ2n) is 5.42. The molecule has 2 unspecified atom stereocenters. The molecule has 3 nitrogen and oxygen atoms in total. The summed E-state index contributed by atoms with van der Waals surface area (Å²) in [5.41, 5.74) is 0. The van der Waals surface area contributed by atoms with Crippen molar-refractivity contribution in [2.45, 2.75) is 40.0 Å². The third-order valence-electron chi connectivity index (χ3n) is 3.68. The number of amides is 1. The molecule has 1 amide bonds. The first-order valence-corrected chi connectivity index (χ1v) is 6.57. The molecule has 0 aromatic heterocycles. The standard InChI is InChI=1S/C13H26N2O/c1-10(2)11(3)8-13(16)15-7-5-12-4-6-14-9-12/h10-12,14H,4-9H2,1-3H3,(H,15,16). The van der Waals surface area contributed by atoms with E-state index in [1.807, 2.05) is 0 Å². The number of hydrogen-bond acceptors (Lipinski definition) is 2. The fraction of sp³-hybridized carbons (Fsp3) is 0.923. The largest absolute Gasteiger partial charge is 0.356 e. The lowest BCUT2D eigenvalue weighted by Crippen LogP contribution is -2.28. The third kappa shape index (κ3) is 4.97. The van der Waals surface area contributed by atoms with Gasteiger partial charge in [0, 0.05) is 13.0 Å². The van der Waals surface area contributed by atoms with Crippen LogP contribution in [0.4, 0.5) is 0 Å². The van der Waals surface area contributed by atoms with Crippen molar-refractivity contribution in [3.8, 4) is 0 Å². The molecule has 2 N–H and O–H groups in total. The van der Waals surface area contributed by atoms with Gasteiger partial charge in [-0.1, -0.05) is 20.8 Å². The van der Waals surface area contributed by atoms with E-state index in [-0.39, 0.29) is 5.91 Å². The Kier molecular flexibility index (Phi) is 5.81. The van der Waals surface area contributed by atoms with E-state index in [0.29, 0.717) is 18.3 Å². The summed E-state index contributed by atoms with van der Waals surface area (Å²) in [6.45, 7) is 9.59. The molecule has 1 saturated heterocycles. The minimum Gasteiger partial charge on any atom is -0.356 e. The lowest BCUT2D eigenvalue weighted by atomic mass is 9.94. The van der Waals surface area contributed by atoms with Crippen molar-refractivity contribution in [3.63, 3.8) is 0 Å². The van der Waals surface area contributed by atoms with E-state index in [1.165, 1.54) is 6.42 Å². The summed E-state index contributed by atoms with van der Waals surface area (Å²) in [4.78, 5) is 11.6. The van der Waals surface area contributed by atoms with Crippen molar-refractivity contribution in [2.75, 3.05) is 19.6 Å². The van der Waals surface area contributed by atoms with E-state index in [2.05, 4.69) is 31.4 Å². The van der Waals surface area contributed by atoms with Gasteiger partial charge in [0.15, 0.2) is 0 Å². The summed E-state index contributed by atoms with van der Waals surface area (Å²) >= 11 is 0. The summed E-state index contributed by atoms with van der Waals surface area (Å²) in [5, 5.41) is 6.37. The molecule has 0 radical (unpaired) electrons. The molecule has 0 spiro atoms. The van der Waals surface area contributed by atoms with E-state index in [0.717, 1.165) is 32.0 Å². The lowest BCUT2D eigenvalue weighted by molar-refractivity contribution is -0.122. The predicted octanol–water partition coefficient (Wildman–Crippen LogP) is 1.78. The molecule has 1 heterocycles. The topological polar surface area (TPSA) is 41.1 Å². The molecule has 1 aliphatic rings. The van der Waals surface area contributed by atoms with Gasteiger partial charge in [0.25, 0.3) is 0 Å². The third-order valence-corrected chi connectivity index (χ3v) is 3.68. The predicted molar refractivity (Wildman–Crippen MR) is 67.2 cm³/mol. The number of carbonyl (C=O) groups is 1. The highest BCUT2D eigenvalue weighted by Crippen LogP contribution is 2.14. The van der Waals surface area contributed by atoms with Crippen LogP contribution >= 0.6 is 0 Å². The average Bonchev–Trinajstić information content (AvgIpc) is 2.70. The highest BCUT2D eigenvalue weighted by Gasteiger charge is 2.15. The van der Waals surface area contributed by atoms with Gasteiger partial charge >= 0.3 is 0 Å². The first kappa shape index (κ1) is 13.5. The second-order valence-corrected chi connectivity index (χ2v) is 5.42. The van der Waals surface area contributed by atoms with Crippen LogP contribution in [0, 0.1) is 17.8 Å². The van der Waals surface area contributed by atoms with Crippen LogP contribution in [-0.2, 0) is 4.79 Å². The summed E-state index contributed by atoms with van der Waals surface area (Å²) in [6, 6.07) is 0. The molecule has 1 fully saturated rings. The number of hydrogen-bond donors (Lipinski definition) is 2. The minimum atomic E-state index is 0.215. The smallest absolute Gasteiger partial charge is 0.220 e. The summed E-state index contributed by atoms with van der Waals surface area (Å²) in [6.07, 6.45) is 3.05. The molecule has 1 aliphatic heterocycles. The van der Waals surface area contributed by atoms with Crippen molar-refractivity contribution in [3.05, 3.63) is 0 Å². The van der Waals surface area contributed by atoms with Gasteiger partial charge in [-0.05, 0) is 43.7 Å². The molecular formula is C13H26N2O. The van der Waals surface area contributed by atoms with Crippen LogP contribution in [0.25, 0.3) is 0 Å². The van der Waals surface area contributed by atoms with Gasteiger partial charge < -0.3 is 10.6 Å². The maximum Gasteiger partial charge on any atom is 0.220 e. The van der Waals surface area contributed by atoms with Gasteiger partial charge in [-0.3, -0.25) is 4.79 Å². The Hall–Kier alpha value is -0.570. The Morgan fingerprint density at radius 3 is 2.75 bits per heavy atom. The quantitative estimate of drug-likeness (QED) is 0.725. The zero-order chi connectivity index (χ0) is 12.0. The van der Waals surface area contributed by atoms with Crippen molar-refractivity contribution >= 4 is 5.91 Å². The molecule has 3 heteroatoms. The Balaban J connectivity index is 2.05. The molecule has 1 rings (SSSR count). The zero-order valence-electron chi connectivity index (χ0n) is 10.9. The van der Waals surface area contributed by atoms with Gasteiger partial charge in [-0.15, -0.1) is 0 Å². The van der Waals surface area contributed by atoms with Gasteiger partial charge in [0.2, 0.25) is 5.91 Å². The van der Waals surface area contributed by atoms with E-state index in [4.69, 9.17) is 0 Å². The normalized spacial score (nSPS) is 22.4. The van der Waals surface area contributed by atoms with Crippen molar-refractivity contribution in [2.24, 2.45) is 17.8 Å². The number of nitrogens with one attached hydrogen (secondary N) is 2. The maximum absolute atomic E-state index is 11.6. The number of carbonyl (C=O) groups excluding carboxylic acids is 1. The zero-order valence-corrected chi connectivity index (χ0v) is 10.9.